The number of anilines is 1. The van der Waals surface area contributed by atoms with E-state index < -0.39 is 35.3 Å². The van der Waals surface area contributed by atoms with Gasteiger partial charge >= 0.3 is 5.97 Å². The standard InChI is InChI=1S/C27H27ClN4O4/c1-15(2)27(26(35)36-4)22-21(24(33)32(25(22)34)19-12-10-17(28)11-13-19)23(29-27)20-14-31(30-16(20)3)18-8-6-5-7-9-18/h5-15,21-23,29H,1-4H3/t21-,22-,23-,27-/m1/s1. The molecule has 9 heteroatoms. The van der Waals surface area contributed by atoms with Gasteiger partial charge in [-0.1, -0.05) is 43.6 Å². The Morgan fingerprint density at radius 3 is 2.33 bits per heavy atom. The van der Waals surface area contributed by atoms with Crippen LogP contribution in [0.1, 0.15) is 31.1 Å². The van der Waals surface area contributed by atoms with E-state index in [1.54, 1.807) is 28.9 Å². The smallest absolute Gasteiger partial charge is 0.327 e. The second kappa shape index (κ2) is 8.87. The van der Waals surface area contributed by atoms with E-state index in [2.05, 4.69) is 10.4 Å². The predicted octanol–water partition coefficient (Wildman–Crippen LogP) is 3.85. The number of hydrogen-bond acceptors (Lipinski definition) is 6. The maximum Gasteiger partial charge on any atom is 0.327 e. The zero-order valence-electron chi connectivity index (χ0n) is 20.4. The largest absolute Gasteiger partial charge is 0.468 e. The number of amides is 2. The third-order valence-electron chi connectivity index (χ3n) is 7.41. The average Bonchev–Trinajstić information content (AvgIpc) is 3.51. The highest BCUT2D eigenvalue weighted by Crippen LogP contribution is 2.53. The summed E-state index contributed by atoms with van der Waals surface area (Å²) in [6, 6.07) is 15.5. The Kier molecular flexibility index (Phi) is 5.97. The number of rotatable bonds is 5. The zero-order valence-corrected chi connectivity index (χ0v) is 21.2. The highest BCUT2D eigenvalue weighted by Gasteiger charge is 2.70. The number of carbonyl (C=O) groups excluding carboxylic acids is 3. The molecule has 8 nitrogen and oxygen atoms in total. The topological polar surface area (TPSA) is 93.5 Å². The number of hydrogen-bond donors (Lipinski definition) is 1. The number of esters is 1. The van der Waals surface area contributed by atoms with Gasteiger partial charge in [-0.3, -0.25) is 19.7 Å². The van der Waals surface area contributed by atoms with Gasteiger partial charge in [-0.05, 0) is 49.2 Å². The summed E-state index contributed by atoms with van der Waals surface area (Å²) in [6.07, 6.45) is 1.86. The van der Waals surface area contributed by atoms with Crippen molar-refractivity contribution >= 4 is 35.1 Å². The molecule has 0 radical (unpaired) electrons. The van der Waals surface area contributed by atoms with Crippen LogP contribution in [-0.4, -0.2) is 40.2 Å². The van der Waals surface area contributed by atoms with Gasteiger partial charge in [-0.25, -0.2) is 9.58 Å². The Morgan fingerprint density at radius 2 is 1.72 bits per heavy atom. The third kappa shape index (κ3) is 3.47. The summed E-state index contributed by atoms with van der Waals surface area (Å²) in [7, 11) is 1.30. The minimum absolute atomic E-state index is 0.339. The molecule has 0 aliphatic carbocycles. The van der Waals surface area contributed by atoms with Gasteiger partial charge in [0.15, 0.2) is 0 Å². The first-order chi connectivity index (χ1) is 17.2. The van der Waals surface area contributed by atoms with Crippen molar-refractivity contribution in [2.45, 2.75) is 32.4 Å². The van der Waals surface area contributed by atoms with E-state index >= 15 is 0 Å². The first-order valence-corrected chi connectivity index (χ1v) is 12.2. The molecule has 1 N–H and O–H groups in total. The van der Waals surface area contributed by atoms with Gasteiger partial charge in [0.1, 0.15) is 5.54 Å². The van der Waals surface area contributed by atoms with Crippen LogP contribution < -0.4 is 10.2 Å². The van der Waals surface area contributed by atoms with E-state index in [0.29, 0.717) is 16.4 Å². The Hall–Kier alpha value is -3.49. The highest BCUT2D eigenvalue weighted by molar-refractivity contribution is 6.31. The SMILES string of the molecule is COC(=O)[C@]1(C(C)C)N[C@H](c2cn(-c3ccccc3)nc2C)[C@@H]2C(=O)N(c3ccc(Cl)cc3)C(=O)[C@@H]21. The van der Waals surface area contributed by atoms with Crippen LogP contribution in [0.25, 0.3) is 5.69 Å². The van der Waals surface area contributed by atoms with Crippen molar-refractivity contribution in [3.8, 4) is 5.69 Å². The Balaban J connectivity index is 1.66. The lowest BCUT2D eigenvalue weighted by atomic mass is 9.73. The summed E-state index contributed by atoms with van der Waals surface area (Å²) in [4.78, 5) is 42.4. The molecule has 0 unspecified atom stereocenters. The van der Waals surface area contributed by atoms with Gasteiger partial charge in [0.05, 0.1) is 36.0 Å². The molecule has 4 atom stereocenters. The van der Waals surface area contributed by atoms with Crippen molar-refractivity contribution in [1.29, 1.82) is 0 Å². The summed E-state index contributed by atoms with van der Waals surface area (Å²) < 4.78 is 6.96. The molecule has 186 valence electrons. The summed E-state index contributed by atoms with van der Waals surface area (Å²) in [6.45, 7) is 5.57. The van der Waals surface area contributed by atoms with E-state index in [1.165, 1.54) is 12.0 Å². The fourth-order valence-electron chi connectivity index (χ4n) is 5.67. The average molecular weight is 507 g/mol. The summed E-state index contributed by atoms with van der Waals surface area (Å²) in [5, 5.41) is 8.56. The first kappa shape index (κ1) is 24.2. The number of methoxy groups -OCH3 is 1. The van der Waals surface area contributed by atoms with E-state index in [9.17, 15) is 14.4 Å². The molecule has 2 amide bonds. The van der Waals surface area contributed by atoms with Crippen LogP contribution in [-0.2, 0) is 19.1 Å². The van der Waals surface area contributed by atoms with Crippen LogP contribution in [0.15, 0.2) is 60.8 Å². The predicted molar refractivity (Wildman–Crippen MR) is 135 cm³/mol. The molecule has 0 bridgehead atoms. The minimum atomic E-state index is -1.39. The minimum Gasteiger partial charge on any atom is -0.468 e. The molecule has 2 saturated heterocycles. The molecule has 3 heterocycles. The lowest BCUT2D eigenvalue weighted by Crippen LogP contribution is -2.59. The van der Waals surface area contributed by atoms with Crippen molar-refractivity contribution in [3.05, 3.63) is 77.1 Å². The Bertz CT molecular complexity index is 1340. The fourth-order valence-corrected chi connectivity index (χ4v) is 5.79. The summed E-state index contributed by atoms with van der Waals surface area (Å²) in [5.41, 5.74) is 1.34. The second-order valence-electron chi connectivity index (χ2n) is 9.58. The molecule has 2 fully saturated rings. The maximum absolute atomic E-state index is 13.9. The number of imide groups is 1. The molecule has 0 spiro atoms. The molecule has 2 aliphatic heterocycles. The van der Waals surface area contributed by atoms with Crippen molar-refractivity contribution < 1.29 is 19.1 Å². The number of nitrogens with one attached hydrogen (secondary N) is 1. The number of aromatic nitrogens is 2. The van der Waals surface area contributed by atoms with E-state index in [0.717, 1.165) is 11.3 Å². The van der Waals surface area contributed by atoms with Crippen LogP contribution >= 0.6 is 11.6 Å². The van der Waals surface area contributed by atoms with E-state index in [-0.39, 0.29) is 11.8 Å². The fraction of sp³-hybridized carbons (Fsp3) is 0.333. The summed E-state index contributed by atoms with van der Waals surface area (Å²) >= 11 is 6.04. The zero-order chi connectivity index (χ0) is 25.8. The van der Waals surface area contributed by atoms with Gasteiger partial charge in [0.2, 0.25) is 11.8 Å². The van der Waals surface area contributed by atoms with Gasteiger partial charge in [0, 0.05) is 22.8 Å². The molecule has 2 aliphatic rings. The lowest BCUT2D eigenvalue weighted by molar-refractivity contribution is -0.154. The van der Waals surface area contributed by atoms with E-state index in [1.807, 2.05) is 57.3 Å². The van der Waals surface area contributed by atoms with Gasteiger partial charge in [-0.15, -0.1) is 0 Å². The van der Waals surface area contributed by atoms with Crippen LogP contribution in [0.4, 0.5) is 5.69 Å². The van der Waals surface area contributed by atoms with Crippen molar-refractivity contribution in [2.24, 2.45) is 17.8 Å². The number of fused-ring (bicyclic) bond motifs is 1. The molecular weight excluding hydrogens is 480 g/mol. The van der Waals surface area contributed by atoms with Crippen LogP contribution in [0.3, 0.4) is 0 Å². The van der Waals surface area contributed by atoms with Gasteiger partial charge in [0.25, 0.3) is 0 Å². The first-order valence-electron chi connectivity index (χ1n) is 11.8. The van der Waals surface area contributed by atoms with Crippen molar-refractivity contribution in [3.63, 3.8) is 0 Å². The quantitative estimate of drug-likeness (QED) is 0.417. The number of halogens is 1. The van der Waals surface area contributed by atoms with Crippen LogP contribution in [0.2, 0.25) is 5.02 Å². The van der Waals surface area contributed by atoms with Crippen LogP contribution in [0.5, 0.6) is 0 Å². The molecular formula is C27H27ClN4O4. The number of carbonyl (C=O) groups is 3. The van der Waals surface area contributed by atoms with E-state index in [4.69, 9.17) is 16.3 Å². The lowest BCUT2D eigenvalue weighted by Gasteiger charge is -2.35. The monoisotopic (exact) mass is 506 g/mol. The number of ether oxygens (including phenoxy) is 1. The Morgan fingerprint density at radius 1 is 1.06 bits per heavy atom. The molecule has 3 aromatic rings. The molecule has 36 heavy (non-hydrogen) atoms. The normalized spacial score (nSPS) is 25.5. The number of aryl methyl sites for hydroxylation is 1. The molecule has 0 saturated carbocycles. The maximum atomic E-state index is 13.9. The number of benzene rings is 2. The van der Waals surface area contributed by atoms with Crippen molar-refractivity contribution in [2.75, 3.05) is 12.0 Å². The van der Waals surface area contributed by atoms with Gasteiger partial charge < -0.3 is 4.74 Å². The van der Waals surface area contributed by atoms with Crippen molar-refractivity contribution in [1.82, 2.24) is 15.1 Å². The number of nitrogens with zero attached hydrogens (tertiary/aromatic N) is 3. The Labute approximate surface area is 214 Å². The van der Waals surface area contributed by atoms with Gasteiger partial charge in [-0.2, -0.15) is 5.10 Å². The highest BCUT2D eigenvalue weighted by atomic mass is 35.5. The molecule has 2 aromatic carbocycles. The summed E-state index contributed by atoms with van der Waals surface area (Å²) in [5.74, 6) is -3.48. The second-order valence-corrected chi connectivity index (χ2v) is 10.0. The molecule has 1 aromatic heterocycles. The molecule has 5 rings (SSSR count). The third-order valence-corrected chi connectivity index (χ3v) is 7.66. The number of para-hydroxylation sites is 1. The van der Waals surface area contributed by atoms with Crippen LogP contribution in [0, 0.1) is 24.7 Å².